The van der Waals surface area contributed by atoms with E-state index in [2.05, 4.69) is 39.4 Å². The topological polar surface area (TPSA) is 41.4 Å². The van der Waals surface area contributed by atoms with E-state index in [-0.39, 0.29) is 0 Å². The SMILES string of the molecule is CC(C)n1ccnc1CN1CCC[C@@]2(CCC(=O)N(CC3CC3)C2)C1. The first-order chi connectivity index (χ1) is 12.0. The molecule has 5 heteroatoms. The summed E-state index contributed by atoms with van der Waals surface area (Å²) >= 11 is 0. The van der Waals surface area contributed by atoms with Gasteiger partial charge in [-0.3, -0.25) is 9.69 Å². The second-order valence-corrected chi connectivity index (χ2v) is 8.88. The van der Waals surface area contributed by atoms with Crippen LogP contribution in [0.25, 0.3) is 0 Å². The molecule has 1 amide bonds. The largest absolute Gasteiger partial charge is 0.342 e. The highest BCUT2D eigenvalue weighted by molar-refractivity contribution is 5.77. The molecule has 1 atom stereocenters. The Morgan fingerprint density at radius 2 is 2.12 bits per heavy atom. The normalized spacial score (nSPS) is 28.3. The van der Waals surface area contributed by atoms with Gasteiger partial charge in [-0.25, -0.2) is 4.98 Å². The van der Waals surface area contributed by atoms with Crippen molar-refractivity contribution < 1.29 is 4.79 Å². The molecule has 1 aromatic heterocycles. The van der Waals surface area contributed by atoms with Crippen LogP contribution in [0.3, 0.4) is 0 Å². The first-order valence-corrected chi connectivity index (χ1v) is 10.1. The molecule has 3 fully saturated rings. The Kier molecular flexibility index (Phi) is 4.61. The summed E-state index contributed by atoms with van der Waals surface area (Å²) in [4.78, 5) is 21.7. The zero-order valence-electron chi connectivity index (χ0n) is 15.8. The van der Waals surface area contributed by atoms with Crippen LogP contribution in [0.5, 0.6) is 0 Å². The average Bonchev–Trinajstić information content (AvgIpc) is 3.27. The second-order valence-electron chi connectivity index (χ2n) is 8.88. The van der Waals surface area contributed by atoms with Crippen molar-refractivity contribution in [1.82, 2.24) is 19.4 Å². The molecule has 5 nitrogen and oxygen atoms in total. The number of amides is 1. The highest BCUT2D eigenvalue weighted by Crippen LogP contribution is 2.41. The Morgan fingerprint density at radius 1 is 1.28 bits per heavy atom. The van der Waals surface area contributed by atoms with E-state index in [0.29, 0.717) is 17.4 Å². The molecule has 3 heterocycles. The molecule has 2 aliphatic heterocycles. The molecular formula is C20H32N4O. The van der Waals surface area contributed by atoms with Crippen molar-refractivity contribution in [2.75, 3.05) is 26.2 Å². The van der Waals surface area contributed by atoms with E-state index in [4.69, 9.17) is 0 Å². The third kappa shape index (κ3) is 3.76. The van der Waals surface area contributed by atoms with Crippen LogP contribution in [0.15, 0.2) is 12.4 Å². The maximum absolute atomic E-state index is 12.3. The van der Waals surface area contributed by atoms with E-state index in [1.807, 2.05) is 6.20 Å². The minimum Gasteiger partial charge on any atom is -0.342 e. The van der Waals surface area contributed by atoms with Crippen molar-refractivity contribution in [3.05, 3.63) is 18.2 Å². The second kappa shape index (κ2) is 6.75. The zero-order valence-corrected chi connectivity index (χ0v) is 15.8. The summed E-state index contributed by atoms with van der Waals surface area (Å²) in [6.07, 6.45) is 11.0. The molecule has 1 aromatic rings. The van der Waals surface area contributed by atoms with Gasteiger partial charge in [0.1, 0.15) is 5.82 Å². The van der Waals surface area contributed by atoms with Crippen LogP contribution < -0.4 is 0 Å². The van der Waals surface area contributed by atoms with Gasteiger partial charge in [-0.05, 0) is 58.4 Å². The van der Waals surface area contributed by atoms with Gasteiger partial charge in [0.25, 0.3) is 0 Å². The minimum atomic E-state index is 0.316. The number of hydrogen-bond donors (Lipinski definition) is 0. The molecule has 1 spiro atoms. The number of hydrogen-bond acceptors (Lipinski definition) is 3. The Labute approximate surface area is 151 Å². The lowest BCUT2D eigenvalue weighted by atomic mass is 9.73. The standard InChI is InChI=1S/C20H32N4O/c1-16(2)24-11-9-21-18(24)13-22-10-3-7-20(14-22)8-6-19(25)23(15-20)12-17-4-5-17/h9,11,16-17H,3-8,10,12-15H2,1-2H3/t20-/m1/s1. The third-order valence-electron chi connectivity index (χ3n) is 6.33. The maximum Gasteiger partial charge on any atom is 0.222 e. The van der Waals surface area contributed by atoms with E-state index in [9.17, 15) is 4.79 Å². The lowest BCUT2D eigenvalue weighted by Gasteiger charge is -2.48. The molecular weight excluding hydrogens is 312 g/mol. The Bertz CT molecular complexity index is 621. The first kappa shape index (κ1) is 17.1. The first-order valence-electron chi connectivity index (χ1n) is 10.1. The van der Waals surface area contributed by atoms with Crippen LogP contribution in [0.2, 0.25) is 0 Å². The number of aromatic nitrogens is 2. The van der Waals surface area contributed by atoms with E-state index >= 15 is 0 Å². The summed E-state index contributed by atoms with van der Waals surface area (Å²) in [5.74, 6) is 2.36. The molecule has 3 aliphatic rings. The molecule has 1 saturated carbocycles. The van der Waals surface area contributed by atoms with E-state index in [1.165, 1.54) is 31.5 Å². The summed E-state index contributed by atoms with van der Waals surface area (Å²) in [5.41, 5.74) is 0.316. The molecule has 0 bridgehead atoms. The molecule has 4 rings (SSSR count). The predicted octanol–water partition coefficient (Wildman–Crippen LogP) is 3.08. The number of nitrogens with zero attached hydrogens (tertiary/aromatic N) is 4. The average molecular weight is 345 g/mol. The van der Waals surface area contributed by atoms with Crippen LogP contribution in [0.1, 0.15) is 64.2 Å². The van der Waals surface area contributed by atoms with Crippen molar-refractivity contribution in [3.63, 3.8) is 0 Å². The predicted molar refractivity (Wildman–Crippen MR) is 98.1 cm³/mol. The Hall–Kier alpha value is -1.36. The zero-order chi connectivity index (χ0) is 17.4. The van der Waals surface area contributed by atoms with Crippen molar-refractivity contribution in [3.8, 4) is 0 Å². The van der Waals surface area contributed by atoms with Gasteiger partial charge in [0.2, 0.25) is 5.91 Å². The monoisotopic (exact) mass is 344 g/mol. The summed E-state index contributed by atoms with van der Waals surface area (Å²) in [6.45, 7) is 9.63. The fraction of sp³-hybridized carbons (Fsp3) is 0.800. The van der Waals surface area contributed by atoms with Crippen LogP contribution in [-0.4, -0.2) is 51.4 Å². The number of carbonyl (C=O) groups excluding carboxylic acids is 1. The van der Waals surface area contributed by atoms with Crippen LogP contribution in [-0.2, 0) is 11.3 Å². The van der Waals surface area contributed by atoms with Gasteiger partial charge in [-0.1, -0.05) is 0 Å². The molecule has 0 aromatic carbocycles. The molecule has 0 N–H and O–H groups in total. The summed E-state index contributed by atoms with van der Waals surface area (Å²) in [7, 11) is 0. The molecule has 0 radical (unpaired) electrons. The lowest BCUT2D eigenvalue weighted by molar-refractivity contribution is -0.139. The highest BCUT2D eigenvalue weighted by Gasteiger charge is 2.42. The number of carbonyl (C=O) groups is 1. The molecule has 138 valence electrons. The number of imidazole rings is 1. The smallest absolute Gasteiger partial charge is 0.222 e. The van der Waals surface area contributed by atoms with E-state index in [0.717, 1.165) is 51.5 Å². The Balaban J connectivity index is 1.42. The quantitative estimate of drug-likeness (QED) is 0.824. The van der Waals surface area contributed by atoms with E-state index in [1.54, 1.807) is 0 Å². The number of likely N-dealkylation sites (tertiary alicyclic amines) is 2. The van der Waals surface area contributed by atoms with E-state index < -0.39 is 0 Å². The van der Waals surface area contributed by atoms with Gasteiger partial charge in [-0.15, -0.1) is 0 Å². The van der Waals surface area contributed by atoms with Gasteiger partial charge in [-0.2, -0.15) is 0 Å². The molecule has 2 saturated heterocycles. The summed E-state index contributed by atoms with van der Waals surface area (Å²) in [5, 5.41) is 0. The highest BCUT2D eigenvalue weighted by atomic mass is 16.2. The van der Waals surface area contributed by atoms with Gasteiger partial charge < -0.3 is 9.47 Å². The maximum atomic E-state index is 12.3. The van der Waals surface area contributed by atoms with Gasteiger partial charge in [0, 0.05) is 49.9 Å². The van der Waals surface area contributed by atoms with Crippen molar-refractivity contribution in [1.29, 1.82) is 0 Å². The lowest BCUT2D eigenvalue weighted by Crippen LogP contribution is -2.54. The van der Waals surface area contributed by atoms with Crippen LogP contribution in [0, 0.1) is 11.3 Å². The van der Waals surface area contributed by atoms with Gasteiger partial charge in [0.15, 0.2) is 0 Å². The van der Waals surface area contributed by atoms with Crippen LogP contribution >= 0.6 is 0 Å². The molecule has 0 unspecified atom stereocenters. The van der Waals surface area contributed by atoms with Gasteiger partial charge >= 0.3 is 0 Å². The summed E-state index contributed by atoms with van der Waals surface area (Å²) < 4.78 is 2.28. The van der Waals surface area contributed by atoms with Crippen molar-refractivity contribution in [2.24, 2.45) is 11.3 Å². The number of piperidine rings is 2. The van der Waals surface area contributed by atoms with Gasteiger partial charge in [0.05, 0.1) is 6.54 Å². The van der Waals surface area contributed by atoms with Crippen molar-refractivity contribution in [2.45, 2.75) is 65.0 Å². The van der Waals surface area contributed by atoms with Crippen LogP contribution in [0.4, 0.5) is 0 Å². The molecule has 1 aliphatic carbocycles. The minimum absolute atomic E-state index is 0.316. The third-order valence-corrected chi connectivity index (χ3v) is 6.33. The fourth-order valence-electron chi connectivity index (χ4n) is 4.80. The fourth-order valence-corrected chi connectivity index (χ4v) is 4.80. The molecule has 25 heavy (non-hydrogen) atoms. The van der Waals surface area contributed by atoms with Crippen molar-refractivity contribution >= 4 is 5.91 Å². The number of rotatable bonds is 5. The summed E-state index contributed by atoms with van der Waals surface area (Å²) in [6, 6.07) is 0.456. The Morgan fingerprint density at radius 3 is 2.88 bits per heavy atom.